The van der Waals surface area contributed by atoms with Crippen LogP contribution in [0.3, 0.4) is 0 Å². The van der Waals surface area contributed by atoms with Crippen molar-refractivity contribution in [3.05, 3.63) is 34.9 Å². The van der Waals surface area contributed by atoms with Gasteiger partial charge in [-0.1, -0.05) is 32.0 Å². The van der Waals surface area contributed by atoms with Crippen molar-refractivity contribution in [2.75, 3.05) is 0 Å². The van der Waals surface area contributed by atoms with Gasteiger partial charge >= 0.3 is 0 Å². The second kappa shape index (κ2) is 6.18. The topological polar surface area (TPSA) is 52.0 Å². The molecule has 2 atom stereocenters. The minimum absolute atomic E-state index is 0.111. The Bertz CT molecular complexity index is 356. The van der Waals surface area contributed by atoms with Gasteiger partial charge in [0.05, 0.1) is 0 Å². The zero-order chi connectivity index (χ0) is 13.0. The monoisotopic (exact) mass is 234 g/mol. The van der Waals surface area contributed by atoms with E-state index in [1.807, 2.05) is 6.92 Å². The molecule has 1 aromatic carbocycles. The molecule has 0 aliphatic carbocycles. The molecule has 2 heteroatoms. The van der Waals surface area contributed by atoms with Gasteiger partial charge in [-0.2, -0.15) is 0 Å². The van der Waals surface area contributed by atoms with E-state index in [4.69, 9.17) is 11.5 Å². The van der Waals surface area contributed by atoms with E-state index in [-0.39, 0.29) is 12.1 Å². The van der Waals surface area contributed by atoms with Gasteiger partial charge in [0.25, 0.3) is 0 Å². The Morgan fingerprint density at radius 1 is 1.06 bits per heavy atom. The molecule has 0 aliphatic rings. The summed E-state index contributed by atoms with van der Waals surface area (Å²) < 4.78 is 0. The molecule has 0 aromatic heterocycles. The van der Waals surface area contributed by atoms with Crippen molar-refractivity contribution in [1.29, 1.82) is 0 Å². The minimum atomic E-state index is 0.111. The third kappa shape index (κ3) is 4.14. The number of hydrogen-bond acceptors (Lipinski definition) is 2. The summed E-state index contributed by atoms with van der Waals surface area (Å²) in [6, 6.07) is 6.97. The second-order valence-corrected chi connectivity index (χ2v) is 5.43. The van der Waals surface area contributed by atoms with Gasteiger partial charge in [-0.15, -0.1) is 0 Å². The van der Waals surface area contributed by atoms with Gasteiger partial charge in [-0.3, -0.25) is 0 Å². The van der Waals surface area contributed by atoms with Crippen LogP contribution in [0.4, 0.5) is 0 Å². The van der Waals surface area contributed by atoms with Crippen LogP contribution < -0.4 is 11.5 Å². The van der Waals surface area contributed by atoms with Gasteiger partial charge in [0, 0.05) is 12.1 Å². The number of hydrogen-bond donors (Lipinski definition) is 2. The van der Waals surface area contributed by atoms with Gasteiger partial charge in [0.1, 0.15) is 0 Å². The fourth-order valence-electron chi connectivity index (χ4n) is 2.02. The van der Waals surface area contributed by atoms with Crippen LogP contribution in [0.5, 0.6) is 0 Å². The molecule has 1 aromatic rings. The Kier molecular flexibility index (Phi) is 5.16. The van der Waals surface area contributed by atoms with E-state index in [0.717, 1.165) is 12.8 Å². The highest BCUT2D eigenvalue weighted by Crippen LogP contribution is 2.24. The highest BCUT2D eigenvalue weighted by molar-refractivity contribution is 5.34. The van der Waals surface area contributed by atoms with E-state index in [1.54, 1.807) is 0 Å². The lowest BCUT2D eigenvalue weighted by atomic mass is 9.92. The van der Waals surface area contributed by atoms with Crippen LogP contribution in [0, 0.1) is 6.92 Å². The molecule has 0 aliphatic heterocycles. The zero-order valence-electron chi connectivity index (χ0n) is 11.5. The van der Waals surface area contributed by atoms with Crippen LogP contribution in [-0.2, 0) is 0 Å². The van der Waals surface area contributed by atoms with E-state index in [2.05, 4.69) is 39.0 Å². The number of benzene rings is 1. The van der Waals surface area contributed by atoms with Crippen molar-refractivity contribution in [3.63, 3.8) is 0 Å². The first-order valence-corrected chi connectivity index (χ1v) is 6.53. The largest absolute Gasteiger partial charge is 0.328 e. The molecule has 0 spiro atoms. The van der Waals surface area contributed by atoms with Crippen LogP contribution in [0.25, 0.3) is 0 Å². The average molecular weight is 234 g/mol. The number of aryl methyl sites for hydroxylation is 1. The van der Waals surface area contributed by atoms with E-state index in [9.17, 15) is 0 Å². The first-order valence-electron chi connectivity index (χ1n) is 6.53. The Morgan fingerprint density at radius 2 is 1.71 bits per heavy atom. The molecular formula is C15H26N2. The average Bonchev–Trinajstić information content (AvgIpc) is 2.26. The van der Waals surface area contributed by atoms with Gasteiger partial charge in [0.2, 0.25) is 0 Å². The van der Waals surface area contributed by atoms with E-state index >= 15 is 0 Å². The van der Waals surface area contributed by atoms with Crippen molar-refractivity contribution >= 4 is 0 Å². The maximum absolute atomic E-state index is 6.26. The van der Waals surface area contributed by atoms with Crippen molar-refractivity contribution in [2.24, 2.45) is 11.5 Å². The molecule has 0 radical (unpaired) electrons. The summed E-state index contributed by atoms with van der Waals surface area (Å²) in [6.45, 7) is 8.58. The summed E-state index contributed by atoms with van der Waals surface area (Å²) in [7, 11) is 0. The smallest absolute Gasteiger partial charge is 0.0298 e. The summed E-state index contributed by atoms with van der Waals surface area (Å²) in [5.74, 6) is 0.551. The summed E-state index contributed by atoms with van der Waals surface area (Å²) in [5.41, 5.74) is 16.0. The standard InChI is InChI=1S/C15H26N2/c1-10(2)13-7-5-11(3)14(9-13)15(17)8-6-12(4)16/h5,7,9-10,12,15H,6,8,16-17H2,1-4H3. The second-order valence-electron chi connectivity index (χ2n) is 5.43. The summed E-state index contributed by atoms with van der Waals surface area (Å²) in [6.07, 6.45) is 1.94. The quantitative estimate of drug-likeness (QED) is 0.821. The van der Waals surface area contributed by atoms with Crippen molar-refractivity contribution in [3.8, 4) is 0 Å². The molecule has 0 saturated carbocycles. The molecule has 4 N–H and O–H groups in total. The maximum Gasteiger partial charge on any atom is 0.0298 e. The highest BCUT2D eigenvalue weighted by Gasteiger charge is 2.11. The van der Waals surface area contributed by atoms with Gasteiger partial charge in [-0.25, -0.2) is 0 Å². The van der Waals surface area contributed by atoms with Crippen molar-refractivity contribution < 1.29 is 0 Å². The molecule has 2 unspecified atom stereocenters. The Labute approximate surface area is 105 Å². The third-order valence-electron chi connectivity index (χ3n) is 3.30. The van der Waals surface area contributed by atoms with Gasteiger partial charge in [0.15, 0.2) is 0 Å². The molecule has 96 valence electrons. The molecule has 0 saturated heterocycles. The first kappa shape index (κ1) is 14.2. The molecule has 0 bridgehead atoms. The SMILES string of the molecule is Cc1ccc(C(C)C)cc1C(N)CCC(C)N. The predicted octanol–water partition coefficient (Wildman–Crippen LogP) is 3.25. The Hall–Kier alpha value is -0.860. The zero-order valence-corrected chi connectivity index (χ0v) is 11.5. The first-order chi connectivity index (χ1) is 7.91. The molecule has 0 amide bonds. The van der Waals surface area contributed by atoms with Crippen LogP contribution >= 0.6 is 0 Å². The molecular weight excluding hydrogens is 208 g/mol. The highest BCUT2D eigenvalue weighted by atomic mass is 14.6. The van der Waals surface area contributed by atoms with Gasteiger partial charge < -0.3 is 11.5 Å². The van der Waals surface area contributed by atoms with Crippen molar-refractivity contribution in [1.82, 2.24) is 0 Å². The molecule has 17 heavy (non-hydrogen) atoms. The van der Waals surface area contributed by atoms with E-state index < -0.39 is 0 Å². The van der Waals surface area contributed by atoms with E-state index in [0.29, 0.717) is 5.92 Å². The molecule has 1 rings (SSSR count). The summed E-state index contributed by atoms with van der Waals surface area (Å²) >= 11 is 0. The fraction of sp³-hybridized carbons (Fsp3) is 0.600. The van der Waals surface area contributed by atoms with Crippen LogP contribution in [-0.4, -0.2) is 6.04 Å². The van der Waals surface area contributed by atoms with Gasteiger partial charge in [-0.05, 0) is 49.3 Å². The Balaban J connectivity index is 2.84. The van der Waals surface area contributed by atoms with Crippen LogP contribution in [0.1, 0.15) is 62.3 Å². The predicted molar refractivity (Wildman–Crippen MR) is 75.1 cm³/mol. The normalized spacial score (nSPS) is 15.0. The third-order valence-corrected chi connectivity index (χ3v) is 3.30. The lowest BCUT2D eigenvalue weighted by molar-refractivity contribution is 0.553. The number of nitrogens with two attached hydrogens (primary N) is 2. The van der Waals surface area contributed by atoms with Crippen LogP contribution in [0.15, 0.2) is 18.2 Å². The van der Waals surface area contributed by atoms with E-state index in [1.165, 1.54) is 16.7 Å². The van der Waals surface area contributed by atoms with Crippen LogP contribution in [0.2, 0.25) is 0 Å². The lowest BCUT2D eigenvalue weighted by Gasteiger charge is -2.18. The fourth-order valence-corrected chi connectivity index (χ4v) is 2.02. The van der Waals surface area contributed by atoms with Crippen molar-refractivity contribution in [2.45, 2.75) is 58.5 Å². The molecule has 0 heterocycles. The summed E-state index contributed by atoms with van der Waals surface area (Å²) in [5, 5.41) is 0. The minimum Gasteiger partial charge on any atom is -0.328 e. The number of rotatable bonds is 5. The maximum atomic E-state index is 6.26. The summed E-state index contributed by atoms with van der Waals surface area (Å²) in [4.78, 5) is 0. The molecule has 2 nitrogen and oxygen atoms in total. The Morgan fingerprint density at radius 3 is 2.24 bits per heavy atom. The molecule has 0 fully saturated rings. The lowest BCUT2D eigenvalue weighted by Crippen LogP contribution is -2.19.